The van der Waals surface area contributed by atoms with E-state index in [4.69, 9.17) is 0 Å². The Morgan fingerprint density at radius 1 is 1.29 bits per heavy atom. The van der Waals surface area contributed by atoms with E-state index in [9.17, 15) is 4.79 Å². The van der Waals surface area contributed by atoms with E-state index in [1.165, 1.54) is 23.3 Å². The van der Waals surface area contributed by atoms with Gasteiger partial charge in [0.15, 0.2) is 0 Å². The van der Waals surface area contributed by atoms with E-state index >= 15 is 0 Å². The van der Waals surface area contributed by atoms with Gasteiger partial charge in [0.1, 0.15) is 10.5 Å². The zero-order valence-electron chi connectivity index (χ0n) is 13.3. The van der Waals surface area contributed by atoms with E-state index in [0.717, 1.165) is 24.3 Å². The fourth-order valence-corrected chi connectivity index (χ4v) is 3.97. The summed E-state index contributed by atoms with van der Waals surface area (Å²) in [6.45, 7) is 1.72. The van der Waals surface area contributed by atoms with Gasteiger partial charge in [0.05, 0.1) is 12.1 Å². The maximum atomic E-state index is 12.1. The second-order valence-electron chi connectivity index (χ2n) is 6.10. The molecule has 3 heterocycles. The molecule has 122 valence electrons. The molecule has 1 saturated heterocycles. The van der Waals surface area contributed by atoms with Gasteiger partial charge in [-0.25, -0.2) is 4.98 Å². The second-order valence-corrected chi connectivity index (χ2v) is 7.01. The highest BCUT2D eigenvalue weighted by molar-refractivity contribution is 7.17. The van der Waals surface area contributed by atoms with Crippen LogP contribution in [0.3, 0.4) is 0 Å². The number of H-pyrrole nitrogens is 1. The molecule has 0 bridgehead atoms. The van der Waals surface area contributed by atoms with E-state index in [0.29, 0.717) is 17.3 Å². The van der Waals surface area contributed by atoms with Crippen LogP contribution in [0.5, 0.6) is 0 Å². The first-order chi connectivity index (χ1) is 11.8. The Morgan fingerprint density at radius 3 is 3.04 bits per heavy atom. The third-order valence-electron chi connectivity index (χ3n) is 4.44. The zero-order valence-corrected chi connectivity index (χ0v) is 14.1. The first kappa shape index (κ1) is 15.3. The van der Waals surface area contributed by atoms with Crippen molar-refractivity contribution in [3.05, 3.63) is 69.6 Å². The summed E-state index contributed by atoms with van der Waals surface area (Å²) in [5, 5.41) is 1.91. The molecule has 0 saturated carbocycles. The first-order valence-electron chi connectivity index (χ1n) is 8.23. The lowest BCUT2D eigenvalue weighted by Crippen LogP contribution is -2.29. The van der Waals surface area contributed by atoms with Gasteiger partial charge < -0.3 is 4.98 Å². The predicted molar refractivity (Wildman–Crippen MR) is 99.1 cm³/mol. The Bertz CT molecular complexity index is 913. The number of aromatic amines is 1. The van der Waals surface area contributed by atoms with Crippen molar-refractivity contribution < 1.29 is 0 Å². The van der Waals surface area contributed by atoms with Gasteiger partial charge >= 0.3 is 0 Å². The second kappa shape index (κ2) is 6.71. The highest BCUT2D eigenvalue weighted by atomic mass is 32.1. The standard InChI is InChI=1S/C19H19N3OS/c23-19-18-16(10-12-24-18)20-17(21-19)13-22-11-4-7-15(22)9-8-14-5-2-1-3-6-14/h1-3,5-6,8-10,12,15H,4,7,11,13H2,(H,20,21,23)/b9-8+. The number of fused-ring (bicyclic) bond motifs is 1. The average molecular weight is 337 g/mol. The minimum atomic E-state index is -0.0272. The van der Waals surface area contributed by atoms with Crippen molar-refractivity contribution in [2.24, 2.45) is 0 Å². The van der Waals surface area contributed by atoms with Gasteiger partial charge in [-0.1, -0.05) is 42.5 Å². The summed E-state index contributed by atoms with van der Waals surface area (Å²) in [5.41, 5.74) is 1.99. The van der Waals surface area contributed by atoms with Gasteiger partial charge in [0.25, 0.3) is 5.56 Å². The molecule has 4 rings (SSSR count). The maximum Gasteiger partial charge on any atom is 0.268 e. The molecule has 0 amide bonds. The van der Waals surface area contributed by atoms with Crippen molar-refractivity contribution >= 4 is 27.6 Å². The monoisotopic (exact) mass is 337 g/mol. The molecule has 1 aromatic carbocycles. The average Bonchev–Trinajstić information content (AvgIpc) is 3.23. The number of nitrogens with one attached hydrogen (secondary N) is 1. The SMILES string of the molecule is O=c1[nH]c(CN2CCCC2/C=C/c2ccccc2)nc2ccsc12. The molecule has 2 aromatic heterocycles. The molecule has 1 aliphatic heterocycles. The van der Waals surface area contributed by atoms with E-state index in [1.807, 2.05) is 17.5 Å². The highest BCUT2D eigenvalue weighted by Crippen LogP contribution is 2.22. The number of aromatic nitrogens is 2. The van der Waals surface area contributed by atoms with Crippen molar-refractivity contribution in [3.63, 3.8) is 0 Å². The van der Waals surface area contributed by atoms with Crippen molar-refractivity contribution in [1.29, 1.82) is 0 Å². The van der Waals surface area contributed by atoms with Crippen molar-refractivity contribution in [3.8, 4) is 0 Å². The smallest absolute Gasteiger partial charge is 0.268 e. The van der Waals surface area contributed by atoms with Crippen molar-refractivity contribution in [2.45, 2.75) is 25.4 Å². The summed E-state index contributed by atoms with van der Waals surface area (Å²) in [6.07, 6.45) is 6.77. The van der Waals surface area contributed by atoms with E-state index in [2.05, 4.69) is 51.3 Å². The van der Waals surface area contributed by atoms with Crippen LogP contribution >= 0.6 is 11.3 Å². The number of hydrogen-bond donors (Lipinski definition) is 1. The maximum absolute atomic E-state index is 12.1. The number of thiophene rings is 1. The minimum absolute atomic E-state index is 0.0272. The fraction of sp³-hybridized carbons (Fsp3) is 0.263. The Hall–Kier alpha value is -2.24. The minimum Gasteiger partial charge on any atom is -0.308 e. The van der Waals surface area contributed by atoms with Gasteiger partial charge in [-0.3, -0.25) is 9.69 Å². The largest absolute Gasteiger partial charge is 0.308 e. The van der Waals surface area contributed by atoms with E-state index in [1.54, 1.807) is 0 Å². The van der Waals surface area contributed by atoms with E-state index < -0.39 is 0 Å². The summed E-state index contributed by atoms with van der Waals surface area (Å²) in [4.78, 5) is 22.0. The van der Waals surface area contributed by atoms with Crippen LogP contribution in [0.4, 0.5) is 0 Å². The molecule has 0 aliphatic carbocycles. The summed E-state index contributed by atoms with van der Waals surface area (Å²) in [6, 6.07) is 12.7. The summed E-state index contributed by atoms with van der Waals surface area (Å²) in [5.74, 6) is 0.755. The Labute approximate surface area is 144 Å². The molecule has 4 nitrogen and oxygen atoms in total. The van der Waals surface area contributed by atoms with Crippen LogP contribution in [0.2, 0.25) is 0 Å². The molecule has 5 heteroatoms. The summed E-state index contributed by atoms with van der Waals surface area (Å²) >= 11 is 1.44. The molecule has 1 fully saturated rings. The number of hydrogen-bond acceptors (Lipinski definition) is 4. The Balaban J connectivity index is 1.52. The summed E-state index contributed by atoms with van der Waals surface area (Å²) < 4.78 is 0.709. The summed E-state index contributed by atoms with van der Waals surface area (Å²) in [7, 11) is 0. The number of likely N-dealkylation sites (tertiary alicyclic amines) is 1. The van der Waals surface area contributed by atoms with Crippen molar-refractivity contribution in [2.75, 3.05) is 6.54 Å². The molecular formula is C19H19N3OS. The molecule has 3 aromatic rings. The van der Waals surface area contributed by atoms with Crippen molar-refractivity contribution in [1.82, 2.24) is 14.9 Å². The van der Waals surface area contributed by atoms with Gasteiger partial charge in [-0.15, -0.1) is 11.3 Å². The molecular weight excluding hydrogens is 318 g/mol. The molecule has 1 N–H and O–H groups in total. The van der Waals surface area contributed by atoms with Crippen LogP contribution in [-0.2, 0) is 6.54 Å². The van der Waals surface area contributed by atoms with Crippen LogP contribution in [0.15, 0.2) is 52.6 Å². The van der Waals surface area contributed by atoms with Crippen LogP contribution in [0.25, 0.3) is 16.3 Å². The van der Waals surface area contributed by atoms with Gasteiger partial charge in [0.2, 0.25) is 0 Å². The lowest BCUT2D eigenvalue weighted by molar-refractivity contribution is 0.275. The number of rotatable bonds is 4. The third kappa shape index (κ3) is 3.18. The lowest BCUT2D eigenvalue weighted by Gasteiger charge is -2.21. The van der Waals surface area contributed by atoms with Crippen LogP contribution < -0.4 is 5.56 Å². The molecule has 24 heavy (non-hydrogen) atoms. The predicted octanol–water partition coefficient (Wildman–Crippen LogP) is 3.66. The zero-order chi connectivity index (χ0) is 16.4. The highest BCUT2D eigenvalue weighted by Gasteiger charge is 2.23. The topological polar surface area (TPSA) is 49.0 Å². The molecule has 0 radical (unpaired) electrons. The van der Waals surface area contributed by atoms with Gasteiger partial charge in [-0.05, 0) is 36.4 Å². The van der Waals surface area contributed by atoms with Crippen LogP contribution in [0.1, 0.15) is 24.2 Å². The first-order valence-corrected chi connectivity index (χ1v) is 9.11. The fourth-order valence-electron chi connectivity index (χ4n) is 3.24. The lowest BCUT2D eigenvalue weighted by atomic mass is 10.1. The Kier molecular flexibility index (Phi) is 4.28. The molecule has 1 aliphatic rings. The third-order valence-corrected chi connectivity index (χ3v) is 5.34. The molecule has 0 spiro atoms. The quantitative estimate of drug-likeness (QED) is 0.790. The van der Waals surface area contributed by atoms with Crippen LogP contribution in [-0.4, -0.2) is 27.5 Å². The molecule has 1 atom stereocenters. The van der Waals surface area contributed by atoms with E-state index in [-0.39, 0.29) is 5.56 Å². The number of benzene rings is 1. The Morgan fingerprint density at radius 2 is 2.17 bits per heavy atom. The van der Waals surface area contributed by atoms with Gasteiger partial charge in [-0.2, -0.15) is 0 Å². The normalized spacial score (nSPS) is 18.8. The van der Waals surface area contributed by atoms with Crippen LogP contribution in [0, 0.1) is 0 Å². The van der Waals surface area contributed by atoms with Gasteiger partial charge in [0, 0.05) is 6.04 Å². The molecule has 1 unspecified atom stereocenters. The number of nitrogens with zero attached hydrogens (tertiary/aromatic N) is 2.